The molecule has 2 aliphatic rings. The van der Waals surface area contributed by atoms with Gasteiger partial charge in [0.25, 0.3) is 0 Å². The number of hydrogen-bond donors (Lipinski definition) is 2. The van der Waals surface area contributed by atoms with E-state index in [1.54, 1.807) is 65.8 Å². The predicted molar refractivity (Wildman–Crippen MR) is 187 cm³/mol. The summed E-state index contributed by atoms with van der Waals surface area (Å²) in [5.74, 6) is -3.62. The van der Waals surface area contributed by atoms with Crippen LogP contribution in [0.1, 0.15) is 83.8 Å². The molecular formula is C40H43FN2O7. The van der Waals surface area contributed by atoms with Crippen LogP contribution in [0.3, 0.4) is 0 Å². The van der Waals surface area contributed by atoms with Crippen LogP contribution in [0.5, 0.6) is 5.75 Å². The lowest BCUT2D eigenvalue weighted by Crippen LogP contribution is -2.36. The first kappa shape index (κ1) is 37.6. The zero-order chi connectivity index (χ0) is 36.9. The average molecular weight is 683 g/mol. The second-order valence-corrected chi connectivity index (χ2v) is 12.7. The number of allylic oxidation sites excluding steroid dienone is 6. The summed E-state index contributed by atoms with van der Waals surface area (Å²) < 4.78 is 19.7. The zero-order valence-electron chi connectivity index (χ0n) is 29.5. The lowest BCUT2D eigenvalue weighted by atomic mass is 9.78. The van der Waals surface area contributed by atoms with Gasteiger partial charge in [-0.25, -0.2) is 4.39 Å². The number of hydrogen-bond acceptors (Lipinski definition) is 7. The molecule has 9 nitrogen and oxygen atoms in total. The fourth-order valence-corrected chi connectivity index (χ4v) is 6.53. The number of benzene rings is 2. The minimum atomic E-state index is -0.997. The molecule has 2 aromatic rings. The molecule has 0 aromatic heterocycles. The third-order valence-electron chi connectivity index (χ3n) is 9.86. The van der Waals surface area contributed by atoms with Gasteiger partial charge in [0.15, 0.2) is 23.1 Å². The Morgan fingerprint density at radius 1 is 0.660 bits per heavy atom. The van der Waals surface area contributed by atoms with Crippen LogP contribution in [-0.2, 0) is 28.8 Å². The summed E-state index contributed by atoms with van der Waals surface area (Å²) in [6.45, 7) is 9.79. The minimum Gasteiger partial charge on any atom is -0.496 e. The number of halogens is 1. The van der Waals surface area contributed by atoms with Crippen LogP contribution in [0.4, 0.5) is 4.39 Å². The quantitative estimate of drug-likeness (QED) is 0.258. The predicted octanol–water partition coefficient (Wildman–Crippen LogP) is 5.71. The number of carbonyl (C=O) groups is 6. The molecule has 4 rings (SSSR count). The number of ketones is 4. The van der Waals surface area contributed by atoms with Crippen molar-refractivity contribution in [2.45, 2.75) is 72.6 Å². The first-order valence-electron chi connectivity index (χ1n) is 16.6. The largest absolute Gasteiger partial charge is 0.496 e. The lowest BCUT2D eigenvalue weighted by Gasteiger charge is -2.28. The van der Waals surface area contributed by atoms with Crippen molar-refractivity contribution >= 4 is 34.9 Å². The maximum Gasteiger partial charge on any atom is 0.228 e. The molecule has 10 heteroatoms. The molecule has 262 valence electrons. The number of rotatable bonds is 13. The van der Waals surface area contributed by atoms with E-state index in [0.717, 1.165) is 0 Å². The molecule has 2 N–H and O–H groups in total. The highest BCUT2D eigenvalue weighted by molar-refractivity contribution is 6.25. The zero-order valence-corrected chi connectivity index (χ0v) is 29.5. The fourth-order valence-electron chi connectivity index (χ4n) is 6.53. The van der Waals surface area contributed by atoms with Gasteiger partial charge in [-0.2, -0.15) is 0 Å². The van der Waals surface area contributed by atoms with Crippen molar-refractivity contribution in [2.75, 3.05) is 20.2 Å². The Bertz CT molecular complexity index is 1900. The van der Waals surface area contributed by atoms with Crippen LogP contribution in [0, 0.1) is 5.82 Å². The number of para-hydroxylation sites is 1. The minimum absolute atomic E-state index is 0.0411. The molecule has 0 radical (unpaired) electrons. The van der Waals surface area contributed by atoms with Crippen LogP contribution in [0.15, 0.2) is 93.1 Å². The highest BCUT2D eigenvalue weighted by Crippen LogP contribution is 2.40. The average Bonchev–Trinajstić information content (AvgIpc) is 3.11. The highest BCUT2D eigenvalue weighted by atomic mass is 19.1. The van der Waals surface area contributed by atoms with Crippen LogP contribution in [-0.4, -0.2) is 55.1 Å². The molecule has 2 amide bonds. The topological polar surface area (TPSA) is 136 Å². The van der Waals surface area contributed by atoms with E-state index in [1.165, 1.54) is 31.4 Å². The van der Waals surface area contributed by atoms with Crippen molar-refractivity contribution in [1.29, 1.82) is 0 Å². The molecule has 2 aliphatic carbocycles. The van der Waals surface area contributed by atoms with Crippen molar-refractivity contribution in [3.05, 3.63) is 110 Å². The van der Waals surface area contributed by atoms with Gasteiger partial charge < -0.3 is 15.4 Å². The first-order chi connectivity index (χ1) is 23.7. The SMILES string of the molecule is COc1ccccc1C(C(=O)NCCC1=C(C)C(=O)C(C)=C(C)C1=O)C(CC(=O)NCCC1=C(C)C(=O)C(C)=C(C)C1=O)c1ccc(F)cc1. The summed E-state index contributed by atoms with van der Waals surface area (Å²) in [6.07, 6.45) is 0.0814. The van der Waals surface area contributed by atoms with E-state index < -0.39 is 29.5 Å². The Balaban J connectivity index is 1.61. The summed E-state index contributed by atoms with van der Waals surface area (Å²) in [7, 11) is 1.47. The van der Waals surface area contributed by atoms with E-state index in [-0.39, 0.29) is 55.5 Å². The molecule has 50 heavy (non-hydrogen) atoms. The van der Waals surface area contributed by atoms with Gasteiger partial charge >= 0.3 is 0 Å². The number of Topliss-reactive ketones (excluding diaryl/α,β-unsaturated/α-hetero) is 4. The summed E-state index contributed by atoms with van der Waals surface area (Å²) in [6, 6.07) is 12.5. The number of methoxy groups -OCH3 is 1. The normalized spacial score (nSPS) is 16.6. The molecule has 2 aromatic carbocycles. The third kappa shape index (κ3) is 7.80. The van der Waals surface area contributed by atoms with Gasteiger partial charge in [-0.15, -0.1) is 0 Å². The van der Waals surface area contributed by atoms with E-state index in [0.29, 0.717) is 61.5 Å². The third-order valence-corrected chi connectivity index (χ3v) is 9.86. The molecule has 0 aliphatic heterocycles. The summed E-state index contributed by atoms with van der Waals surface area (Å²) >= 11 is 0. The van der Waals surface area contributed by atoms with E-state index >= 15 is 0 Å². The molecule has 0 spiro atoms. The Morgan fingerprint density at radius 2 is 1.14 bits per heavy atom. The van der Waals surface area contributed by atoms with Crippen LogP contribution < -0.4 is 15.4 Å². The monoisotopic (exact) mass is 682 g/mol. The smallest absolute Gasteiger partial charge is 0.228 e. The fraction of sp³-hybridized carbons (Fsp3) is 0.350. The molecular weight excluding hydrogens is 639 g/mol. The second-order valence-electron chi connectivity index (χ2n) is 12.7. The van der Waals surface area contributed by atoms with Crippen molar-refractivity contribution < 1.29 is 37.9 Å². The molecule has 0 bridgehead atoms. The van der Waals surface area contributed by atoms with Gasteiger partial charge in [-0.1, -0.05) is 30.3 Å². The second kappa shape index (κ2) is 16.0. The van der Waals surface area contributed by atoms with Gasteiger partial charge in [0.2, 0.25) is 11.8 Å². The number of nitrogens with one attached hydrogen (secondary N) is 2. The highest BCUT2D eigenvalue weighted by Gasteiger charge is 2.36. The van der Waals surface area contributed by atoms with E-state index in [4.69, 9.17) is 4.74 Å². The summed E-state index contributed by atoms with van der Waals surface area (Å²) in [5.41, 5.74) is 4.00. The van der Waals surface area contributed by atoms with Gasteiger partial charge in [-0.3, -0.25) is 28.8 Å². The first-order valence-corrected chi connectivity index (χ1v) is 16.6. The van der Waals surface area contributed by atoms with E-state index in [2.05, 4.69) is 10.6 Å². The maximum absolute atomic E-state index is 14.2. The Labute approximate surface area is 291 Å². The molecule has 2 atom stereocenters. The number of ether oxygens (including phenoxy) is 1. The van der Waals surface area contributed by atoms with Crippen molar-refractivity contribution in [1.82, 2.24) is 10.6 Å². The summed E-state index contributed by atoms with van der Waals surface area (Å²) in [4.78, 5) is 79.0. The summed E-state index contributed by atoms with van der Waals surface area (Å²) in [5, 5.41) is 5.75. The molecule has 0 heterocycles. The van der Waals surface area contributed by atoms with Gasteiger partial charge in [0.05, 0.1) is 13.0 Å². The molecule has 0 fully saturated rings. The van der Waals surface area contributed by atoms with Crippen molar-refractivity contribution in [3.8, 4) is 5.75 Å². The number of carbonyl (C=O) groups excluding carboxylic acids is 6. The molecule has 0 saturated carbocycles. The van der Waals surface area contributed by atoms with Crippen LogP contribution in [0.25, 0.3) is 0 Å². The Hall–Kier alpha value is -5.25. The van der Waals surface area contributed by atoms with Gasteiger partial charge in [0, 0.05) is 75.6 Å². The lowest BCUT2D eigenvalue weighted by molar-refractivity contribution is -0.124. The Morgan fingerprint density at radius 3 is 1.66 bits per heavy atom. The van der Waals surface area contributed by atoms with E-state index in [1.807, 2.05) is 0 Å². The van der Waals surface area contributed by atoms with Gasteiger partial charge in [0.1, 0.15) is 11.6 Å². The standard InChI is InChI=1S/C40H43FN2O7/c1-21-23(3)38(47)29(25(5)36(21)45)16-18-42-34(44)20-32(27-12-14-28(41)15-13-27)35(31-10-8-9-11-33(31)50-7)40(49)43-19-17-30-26(6)37(46)22(2)24(4)39(30)48/h8-15,32,35H,16-20H2,1-7H3,(H,42,44)(H,43,49). The Kier molecular flexibility index (Phi) is 12.0. The van der Waals surface area contributed by atoms with Crippen LogP contribution >= 0.6 is 0 Å². The molecule has 0 saturated heterocycles. The maximum atomic E-state index is 14.2. The van der Waals surface area contributed by atoms with Crippen molar-refractivity contribution in [2.24, 2.45) is 0 Å². The van der Waals surface area contributed by atoms with E-state index in [9.17, 15) is 33.2 Å². The van der Waals surface area contributed by atoms with Crippen LogP contribution in [0.2, 0.25) is 0 Å². The molecule has 2 unspecified atom stereocenters. The van der Waals surface area contributed by atoms with Gasteiger partial charge in [-0.05, 0) is 78.1 Å². The number of amides is 2. The van der Waals surface area contributed by atoms with Crippen molar-refractivity contribution in [3.63, 3.8) is 0 Å².